The molecule has 0 aliphatic carbocycles. The SMILES string of the molecule is Cc1nn([C@H]2CCS(=O)(=O)C2)c(C)c1/C=C/C(=O)c1cc(F)ccc1F. The Morgan fingerprint density at radius 1 is 1.31 bits per heavy atom. The van der Waals surface area contributed by atoms with Crippen molar-refractivity contribution in [3.8, 4) is 0 Å². The van der Waals surface area contributed by atoms with Gasteiger partial charge in [-0.2, -0.15) is 5.10 Å². The highest BCUT2D eigenvalue weighted by Gasteiger charge is 2.31. The lowest BCUT2D eigenvalue weighted by Gasteiger charge is -2.10. The van der Waals surface area contributed by atoms with E-state index < -0.39 is 27.3 Å². The van der Waals surface area contributed by atoms with Crippen LogP contribution in [0, 0.1) is 25.5 Å². The number of aryl methyl sites for hydroxylation is 1. The van der Waals surface area contributed by atoms with E-state index in [1.807, 2.05) is 0 Å². The van der Waals surface area contributed by atoms with Gasteiger partial charge in [0.1, 0.15) is 11.6 Å². The maximum absolute atomic E-state index is 13.7. The number of hydrogen-bond acceptors (Lipinski definition) is 4. The van der Waals surface area contributed by atoms with E-state index in [1.54, 1.807) is 18.5 Å². The zero-order valence-electron chi connectivity index (χ0n) is 14.4. The summed E-state index contributed by atoms with van der Waals surface area (Å²) in [6, 6.07) is 2.49. The summed E-state index contributed by atoms with van der Waals surface area (Å²) in [7, 11) is -3.04. The minimum absolute atomic E-state index is 0.0472. The molecule has 2 aromatic rings. The number of ketones is 1. The van der Waals surface area contributed by atoms with Crippen molar-refractivity contribution < 1.29 is 22.0 Å². The normalized spacial score (nSPS) is 19.3. The molecule has 3 rings (SSSR count). The molecule has 0 unspecified atom stereocenters. The Morgan fingerprint density at radius 2 is 2.04 bits per heavy atom. The predicted octanol–water partition coefficient (Wildman–Crippen LogP) is 3.03. The summed E-state index contributed by atoms with van der Waals surface area (Å²) in [5.74, 6) is -1.95. The third-order valence-corrected chi connectivity index (χ3v) is 6.28. The van der Waals surface area contributed by atoms with Crippen LogP contribution in [0.15, 0.2) is 24.3 Å². The van der Waals surface area contributed by atoms with E-state index in [0.717, 1.165) is 23.9 Å². The van der Waals surface area contributed by atoms with Gasteiger partial charge in [-0.05, 0) is 50.6 Å². The van der Waals surface area contributed by atoms with Crippen LogP contribution in [0.2, 0.25) is 0 Å². The third kappa shape index (κ3) is 3.60. The molecule has 0 saturated carbocycles. The van der Waals surface area contributed by atoms with Crippen LogP contribution in [0.4, 0.5) is 8.78 Å². The topological polar surface area (TPSA) is 69.0 Å². The molecule has 1 atom stereocenters. The van der Waals surface area contributed by atoms with Crippen molar-refractivity contribution in [1.82, 2.24) is 9.78 Å². The Labute approximate surface area is 150 Å². The van der Waals surface area contributed by atoms with Gasteiger partial charge in [0.25, 0.3) is 0 Å². The quantitative estimate of drug-likeness (QED) is 0.604. The first kappa shape index (κ1) is 18.4. The average molecular weight is 380 g/mol. The van der Waals surface area contributed by atoms with Crippen LogP contribution in [-0.4, -0.2) is 35.5 Å². The summed E-state index contributed by atoms with van der Waals surface area (Å²) >= 11 is 0. The Balaban J connectivity index is 1.87. The summed E-state index contributed by atoms with van der Waals surface area (Å²) < 4.78 is 52.0. The Bertz CT molecular complexity index is 1010. The second kappa shape index (κ2) is 6.75. The molecule has 0 radical (unpaired) electrons. The summed E-state index contributed by atoms with van der Waals surface area (Å²) in [5, 5.41) is 4.40. The number of benzene rings is 1. The first-order valence-corrected chi connectivity index (χ1v) is 9.93. The van der Waals surface area contributed by atoms with E-state index >= 15 is 0 Å². The molecule has 0 spiro atoms. The number of carbonyl (C=O) groups is 1. The lowest BCUT2D eigenvalue weighted by molar-refractivity contribution is 0.104. The van der Waals surface area contributed by atoms with Crippen molar-refractivity contribution in [3.05, 3.63) is 58.4 Å². The second-order valence-corrected chi connectivity index (χ2v) is 8.64. The second-order valence-electron chi connectivity index (χ2n) is 6.41. The number of nitrogens with zero attached hydrogens (tertiary/aromatic N) is 2. The van der Waals surface area contributed by atoms with Gasteiger partial charge < -0.3 is 0 Å². The van der Waals surface area contributed by atoms with Crippen LogP contribution < -0.4 is 0 Å². The largest absolute Gasteiger partial charge is 0.289 e. The molecule has 1 aliphatic heterocycles. The lowest BCUT2D eigenvalue weighted by atomic mass is 10.1. The number of aromatic nitrogens is 2. The fraction of sp³-hybridized carbons (Fsp3) is 0.333. The maximum Gasteiger partial charge on any atom is 0.188 e. The number of hydrogen-bond donors (Lipinski definition) is 0. The van der Waals surface area contributed by atoms with Crippen molar-refractivity contribution >= 4 is 21.7 Å². The van der Waals surface area contributed by atoms with Gasteiger partial charge in [0, 0.05) is 11.3 Å². The third-order valence-electron chi connectivity index (χ3n) is 4.53. The van der Waals surface area contributed by atoms with Crippen LogP contribution in [0.5, 0.6) is 0 Å². The van der Waals surface area contributed by atoms with Gasteiger partial charge in [0.2, 0.25) is 0 Å². The molecule has 1 saturated heterocycles. The van der Waals surface area contributed by atoms with Crippen LogP contribution in [-0.2, 0) is 9.84 Å². The Hall–Kier alpha value is -2.35. The lowest BCUT2D eigenvalue weighted by Crippen LogP contribution is -2.13. The molecule has 1 aromatic carbocycles. The van der Waals surface area contributed by atoms with Crippen LogP contribution in [0.1, 0.15) is 39.8 Å². The molecular formula is C18H18F2N2O3S. The summed E-state index contributed by atoms with van der Waals surface area (Å²) in [6.45, 7) is 3.54. The summed E-state index contributed by atoms with van der Waals surface area (Å²) in [5.41, 5.74) is 1.69. The van der Waals surface area contributed by atoms with Crippen LogP contribution in [0.3, 0.4) is 0 Å². The fourth-order valence-corrected chi connectivity index (χ4v) is 4.87. The maximum atomic E-state index is 13.7. The molecule has 1 fully saturated rings. The summed E-state index contributed by atoms with van der Waals surface area (Å²) in [4.78, 5) is 12.2. The van der Waals surface area contributed by atoms with E-state index in [0.29, 0.717) is 17.7 Å². The van der Waals surface area contributed by atoms with Gasteiger partial charge in [-0.25, -0.2) is 17.2 Å². The smallest absolute Gasteiger partial charge is 0.188 e. The average Bonchev–Trinajstić information content (AvgIpc) is 3.07. The zero-order valence-corrected chi connectivity index (χ0v) is 15.2. The van der Waals surface area contributed by atoms with Gasteiger partial charge >= 0.3 is 0 Å². The molecule has 26 heavy (non-hydrogen) atoms. The van der Waals surface area contributed by atoms with Gasteiger partial charge in [0.05, 0.1) is 28.8 Å². The van der Waals surface area contributed by atoms with Gasteiger partial charge in [-0.15, -0.1) is 0 Å². The molecule has 5 nitrogen and oxygen atoms in total. The van der Waals surface area contributed by atoms with Crippen LogP contribution >= 0.6 is 0 Å². The van der Waals surface area contributed by atoms with E-state index in [9.17, 15) is 22.0 Å². The van der Waals surface area contributed by atoms with Gasteiger partial charge in [-0.1, -0.05) is 0 Å². The van der Waals surface area contributed by atoms with Crippen molar-refractivity contribution in [2.45, 2.75) is 26.3 Å². The first-order chi connectivity index (χ1) is 12.2. The minimum Gasteiger partial charge on any atom is -0.289 e. The van der Waals surface area contributed by atoms with Crippen LogP contribution in [0.25, 0.3) is 6.08 Å². The molecule has 0 amide bonds. The molecule has 1 aromatic heterocycles. The number of allylic oxidation sites excluding steroid dienone is 1. The Kier molecular flexibility index (Phi) is 4.79. The predicted molar refractivity (Wildman–Crippen MR) is 93.7 cm³/mol. The van der Waals surface area contributed by atoms with Gasteiger partial charge in [0.15, 0.2) is 15.6 Å². The molecule has 0 bridgehead atoms. The highest BCUT2D eigenvalue weighted by atomic mass is 32.2. The molecule has 8 heteroatoms. The summed E-state index contributed by atoms with van der Waals surface area (Å²) in [6.07, 6.45) is 3.18. The zero-order chi connectivity index (χ0) is 19.1. The highest BCUT2D eigenvalue weighted by molar-refractivity contribution is 7.91. The van der Waals surface area contributed by atoms with Crippen molar-refractivity contribution in [2.75, 3.05) is 11.5 Å². The number of sulfone groups is 1. The number of halogens is 2. The number of carbonyl (C=O) groups excluding carboxylic acids is 1. The molecule has 0 N–H and O–H groups in total. The van der Waals surface area contributed by atoms with Gasteiger partial charge in [-0.3, -0.25) is 9.48 Å². The standard InChI is InChI=1S/C18H18F2N2O3S/c1-11-15(4-6-18(23)16-9-13(19)3-5-17(16)20)12(2)22(21-11)14-7-8-26(24,25)10-14/h3-6,9,14H,7-8,10H2,1-2H3/b6-4+/t14-/m0/s1. The van der Waals surface area contributed by atoms with Crippen molar-refractivity contribution in [3.63, 3.8) is 0 Å². The first-order valence-electron chi connectivity index (χ1n) is 8.11. The van der Waals surface area contributed by atoms with E-state index in [4.69, 9.17) is 0 Å². The van der Waals surface area contributed by atoms with Crippen molar-refractivity contribution in [2.24, 2.45) is 0 Å². The highest BCUT2D eigenvalue weighted by Crippen LogP contribution is 2.27. The fourth-order valence-electron chi connectivity index (χ4n) is 3.18. The number of rotatable bonds is 4. The molecule has 1 aliphatic rings. The van der Waals surface area contributed by atoms with E-state index in [-0.39, 0.29) is 23.1 Å². The van der Waals surface area contributed by atoms with E-state index in [1.165, 1.54) is 12.2 Å². The van der Waals surface area contributed by atoms with E-state index in [2.05, 4.69) is 5.10 Å². The monoisotopic (exact) mass is 380 g/mol. The molecular weight excluding hydrogens is 362 g/mol. The Morgan fingerprint density at radius 3 is 2.69 bits per heavy atom. The van der Waals surface area contributed by atoms with Crippen molar-refractivity contribution in [1.29, 1.82) is 0 Å². The minimum atomic E-state index is -3.04. The molecule has 2 heterocycles. The molecule has 138 valence electrons.